The van der Waals surface area contributed by atoms with Gasteiger partial charge in [-0.1, -0.05) is 72.3 Å². The van der Waals surface area contributed by atoms with Gasteiger partial charge in [-0.05, 0) is 20.8 Å². The Balaban J connectivity index is 1.67. The lowest BCUT2D eigenvalue weighted by atomic mass is 10.0. The summed E-state index contributed by atoms with van der Waals surface area (Å²) in [6.45, 7) is 6.04. The number of carbonyl (C=O) groups is 2. The van der Waals surface area contributed by atoms with Crippen LogP contribution >= 0.6 is 11.6 Å². The molecule has 4 rings (SSSR count). The van der Waals surface area contributed by atoms with Crippen molar-refractivity contribution in [2.24, 2.45) is 4.99 Å². The molecular weight excluding hydrogens is 494 g/mol. The lowest BCUT2D eigenvalue weighted by Crippen LogP contribution is -2.36. The molecule has 3 aromatic rings. The third-order valence-electron chi connectivity index (χ3n) is 5.53. The number of nitrogens with zero attached hydrogens (tertiary/aromatic N) is 3. The first-order chi connectivity index (χ1) is 17.6. The van der Waals surface area contributed by atoms with E-state index in [1.165, 1.54) is 11.0 Å². The summed E-state index contributed by atoms with van der Waals surface area (Å²) in [5.74, 6) is -1.21. The number of pyridine rings is 1. The maximum absolute atomic E-state index is 12.4. The number of aromatic carboxylic acids is 1. The maximum Gasteiger partial charge on any atom is 0.410 e. The smallest absolute Gasteiger partial charge is 0.410 e. The number of carboxylic acid groups (broad SMARTS) is 1. The molecule has 0 saturated carbocycles. The first-order valence-corrected chi connectivity index (χ1v) is 12.3. The fourth-order valence-corrected chi connectivity index (χ4v) is 4.15. The number of hydrogen-bond donors (Lipinski definition) is 1. The Morgan fingerprint density at radius 2 is 1.65 bits per heavy atom. The second-order valence-electron chi connectivity index (χ2n) is 9.59. The molecule has 192 valence electrons. The Morgan fingerprint density at radius 1 is 1.05 bits per heavy atom. The first-order valence-electron chi connectivity index (χ1n) is 11.9. The van der Waals surface area contributed by atoms with Gasteiger partial charge in [0, 0.05) is 30.2 Å². The van der Waals surface area contributed by atoms with Gasteiger partial charge in [-0.25, -0.2) is 14.6 Å². The van der Waals surface area contributed by atoms with E-state index in [2.05, 4.69) is 4.98 Å². The molecule has 1 fully saturated rings. The van der Waals surface area contributed by atoms with Crippen LogP contribution in [-0.4, -0.2) is 57.6 Å². The van der Waals surface area contributed by atoms with Crippen LogP contribution in [0.25, 0.3) is 0 Å². The van der Waals surface area contributed by atoms with Crippen molar-refractivity contribution in [1.82, 2.24) is 9.88 Å². The normalized spacial score (nSPS) is 15.2. The quantitative estimate of drug-likeness (QED) is 0.400. The van der Waals surface area contributed by atoms with Gasteiger partial charge in [-0.2, -0.15) is 4.98 Å². The van der Waals surface area contributed by atoms with Crippen molar-refractivity contribution in [3.63, 3.8) is 0 Å². The Labute approximate surface area is 220 Å². The van der Waals surface area contributed by atoms with Gasteiger partial charge in [-0.15, -0.1) is 0 Å². The number of halogens is 1. The van der Waals surface area contributed by atoms with Crippen LogP contribution in [0.2, 0.25) is 5.02 Å². The van der Waals surface area contributed by atoms with Crippen LogP contribution in [0.1, 0.15) is 48.7 Å². The van der Waals surface area contributed by atoms with Gasteiger partial charge in [0.25, 0.3) is 0 Å². The second-order valence-corrected chi connectivity index (χ2v) is 10.0. The molecule has 37 heavy (non-hydrogen) atoms. The minimum Gasteiger partial charge on any atom is -0.477 e. The number of benzene rings is 2. The average molecular weight is 522 g/mol. The third-order valence-corrected chi connectivity index (χ3v) is 5.83. The van der Waals surface area contributed by atoms with E-state index >= 15 is 0 Å². The van der Waals surface area contributed by atoms with Gasteiger partial charge >= 0.3 is 12.1 Å². The molecule has 0 spiro atoms. The topological polar surface area (TPSA) is 101 Å². The molecule has 1 saturated heterocycles. The Bertz CT molecular complexity index is 1270. The van der Waals surface area contributed by atoms with Gasteiger partial charge in [0.2, 0.25) is 5.88 Å². The SMILES string of the molecule is CC(C)(C)OC(=O)N1CCC(Oc2nc(N=C(c3ccccc3)c3ccccc3)cc(Cl)c2C(=O)O)C1. The van der Waals surface area contributed by atoms with Crippen LogP contribution in [0.15, 0.2) is 71.7 Å². The molecule has 1 atom stereocenters. The summed E-state index contributed by atoms with van der Waals surface area (Å²) in [5.41, 5.74) is 1.50. The van der Waals surface area contributed by atoms with Crippen LogP contribution in [0.3, 0.4) is 0 Å². The van der Waals surface area contributed by atoms with E-state index < -0.39 is 23.8 Å². The highest BCUT2D eigenvalue weighted by atomic mass is 35.5. The predicted octanol–water partition coefficient (Wildman–Crippen LogP) is 5.99. The molecule has 9 heteroatoms. The Hall–Kier alpha value is -3.91. The number of aliphatic imine (C=N–C) groups is 1. The average Bonchev–Trinajstić information content (AvgIpc) is 3.31. The second kappa shape index (κ2) is 11.0. The van der Waals surface area contributed by atoms with Crippen LogP contribution in [-0.2, 0) is 4.74 Å². The zero-order chi connectivity index (χ0) is 26.6. The maximum atomic E-state index is 12.4. The van der Waals surface area contributed by atoms with Crippen molar-refractivity contribution in [1.29, 1.82) is 0 Å². The minimum atomic E-state index is -1.27. The Morgan fingerprint density at radius 3 is 2.19 bits per heavy atom. The summed E-state index contributed by atoms with van der Waals surface area (Å²) >= 11 is 6.39. The van der Waals surface area contributed by atoms with Crippen molar-refractivity contribution in [3.05, 3.63) is 88.4 Å². The van der Waals surface area contributed by atoms with Gasteiger partial charge in [-0.3, -0.25) is 0 Å². The van der Waals surface area contributed by atoms with E-state index in [1.54, 1.807) is 20.8 Å². The zero-order valence-electron chi connectivity index (χ0n) is 20.8. The molecule has 1 N–H and O–H groups in total. The highest BCUT2D eigenvalue weighted by molar-refractivity contribution is 6.34. The number of rotatable bonds is 6. The molecule has 1 unspecified atom stereocenters. The van der Waals surface area contributed by atoms with Gasteiger partial charge < -0.3 is 19.5 Å². The van der Waals surface area contributed by atoms with Crippen LogP contribution < -0.4 is 4.74 Å². The summed E-state index contributed by atoms with van der Waals surface area (Å²) in [5, 5.41) is 9.75. The summed E-state index contributed by atoms with van der Waals surface area (Å²) in [4.78, 5) is 35.1. The first kappa shape index (κ1) is 26.2. The molecule has 2 heterocycles. The van der Waals surface area contributed by atoms with E-state index in [0.717, 1.165) is 11.1 Å². The molecule has 1 aliphatic heterocycles. The highest BCUT2D eigenvalue weighted by Crippen LogP contribution is 2.32. The summed E-state index contributed by atoms with van der Waals surface area (Å²) in [7, 11) is 0. The predicted molar refractivity (Wildman–Crippen MR) is 141 cm³/mol. The van der Waals surface area contributed by atoms with Crippen molar-refractivity contribution < 1.29 is 24.2 Å². The molecular formula is C28H28ClN3O5. The highest BCUT2D eigenvalue weighted by Gasteiger charge is 2.32. The molecule has 2 aromatic carbocycles. The standard InChI is InChI=1S/C28H28ClN3O5/c1-28(2,3)37-27(35)32-15-14-20(17-32)36-25-23(26(33)34)21(29)16-22(31-25)30-24(18-10-6-4-7-11-18)19-12-8-5-9-13-19/h4-13,16,20H,14-15,17H2,1-3H3,(H,33,34). The molecule has 8 nitrogen and oxygen atoms in total. The van der Waals surface area contributed by atoms with Gasteiger partial charge in [0.1, 0.15) is 17.3 Å². The zero-order valence-corrected chi connectivity index (χ0v) is 21.6. The van der Waals surface area contributed by atoms with Crippen molar-refractivity contribution in [2.75, 3.05) is 13.1 Å². The van der Waals surface area contributed by atoms with E-state index in [-0.39, 0.29) is 28.8 Å². The summed E-state index contributed by atoms with van der Waals surface area (Å²) in [6, 6.07) is 20.6. The fraction of sp³-hybridized carbons (Fsp3) is 0.286. The number of carboxylic acids is 1. The molecule has 0 radical (unpaired) electrons. The largest absolute Gasteiger partial charge is 0.477 e. The number of aromatic nitrogens is 1. The number of likely N-dealkylation sites (tertiary alicyclic amines) is 1. The number of amides is 1. The fourth-order valence-electron chi connectivity index (χ4n) is 3.89. The molecule has 0 bridgehead atoms. The monoisotopic (exact) mass is 521 g/mol. The van der Waals surface area contributed by atoms with Crippen LogP contribution in [0, 0.1) is 0 Å². The third kappa shape index (κ3) is 6.65. The number of carbonyl (C=O) groups excluding carboxylic acids is 1. The van der Waals surface area contributed by atoms with Crippen LogP contribution in [0.5, 0.6) is 5.88 Å². The summed E-state index contributed by atoms with van der Waals surface area (Å²) < 4.78 is 11.4. The molecule has 0 aliphatic carbocycles. The van der Waals surface area contributed by atoms with Crippen molar-refractivity contribution in [3.8, 4) is 5.88 Å². The van der Waals surface area contributed by atoms with Gasteiger partial charge in [0.05, 0.1) is 17.3 Å². The van der Waals surface area contributed by atoms with E-state index in [9.17, 15) is 14.7 Å². The minimum absolute atomic E-state index is 0.0429. The summed E-state index contributed by atoms with van der Waals surface area (Å²) in [6.07, 6.45) is -0.433. The number of ether oxygens (including phenoxy) is 2. The molecule has 1 aromatic heterocycles. The van der Waals surface area contributed by atoms with E-state index in [1.807, 2.05) is 60.7 Å². The van der Waals surface area contributed by atoms with E-state index in [4.69, 9.17) is 26.1 Å². The van der Waals surface area contributed by atoms with Crippen molar-refractivity contribution >= 4 is 35.2 Å². The lowest BCUT2D eigenvalue weighted by Gasteiger charge is -2.24. The number of hydrogen-bond acceptors (Lipinski definition) is 6. The van der Waals surface area contributed by atoms with Gasteiger partial charge in [0.15, 0.2) is 5.82 Å². The van der Waals surface area contributed by atoms with Crippen LogP contribution in [0.4, 0.5) is 10.6 Å². The Kier molecular flexibility index (Phi) is 7.78. The molecule has 1 aliphatic rings. The van der Waals surface area contributed by atoms with Crippen molar-refractivity contribution in [2.45, 2.75) is 38.9 Å². The van der Waals surface area contributed by atoms with E-state index in [0.29, 0.717) is 18.7 Å². The lowest BCUT2D eigenvalue weighted by molar-refractivity contribution is 0.0273. The molecule has 1 amide bonds.